The molecular formula is C14H21N3OS. The second kappa shape index (κ2) is 6.82. The molecule has 19 heavy (non-hydrogen) atoms. The van der Waals surface area contributed by atoms with E-state index in [2.05, 4.69) is 29.2 Å². The molecule has 1 aromatic rings. The molecule has 5 heteroatoms. The molecule has 0 bridgehead atoms. The van der Waals surface area contributed by atoms with E-state index in [9.17, 15) is 0 Å². The standard InChI is InChI=1S/C14H21N3OS/c1-17(12-7-8-19-10-12)13(9-14(15)16-18)11-5-3-2-4-6-11/h2-6,12-13,18H,7-10H2,1H3,(H2,15,16). The number of nitrogens with two attached hydrogens (primary N) is 1. The zero-order valence-electron chi connectivity index (χ0n) is 11.2. The molecule has 0 aromatic heterocycles. The molecule has 1 saturated heterocycles. The van der Waals surface area contributed by atoms with Gasteiger partial charge in [-0.2, -0.15) is 11.8 Å². The Morgan fingerprint density at radius 3 is 2.84 bits per heavy atom. The Bertz CT molecular complexity index is 418. The molecule has 0 amide bonds. The van der Waals surface area contributed by atoms with E-state index in [1.165, 1.54) is 17.7 Å². The van der Waals surface area contributed by atoms with E-state index in [0.29, 0.717) is 12.5 Å². The minimum atomic E-state index is 0.167. The van der Waals surface area contributed by atoms with Crippen LogP contribution in [0.15, 0.2) is 35.5 Å². The summed E-state index contributed by atoms with van der Waals surface area (Å²) in [4.78, 5) is 2.37. The minimum absolute atomic E-state index is 0.167. The molecule has 1 aliphatic heterocycles. The highest BCUT2D eigenvalue weighted by molar-refractivity contribution is 7.99. The van der Waals surface area contributed by atoms with Gasteiger partial charge in [0.05, 0.1) is 0 Å². The average molecular weight is 279 g/mol. The quantitative estimate of drug-likeness (QED) is 0.376. The number of oxime groups is 1. The predicted octanol–water partition coefficient (Wildman–Crippen LogP) is 2.30. The smallest absolute Gasteiger partial charge is 0.141 e. The lowest BCUT2D eigenvalue weighted by Crippen LogP contribution is -2.37. The fourth-order valence-corrected chi connectivity index (χ4v) is 3.79. The van der Waals surface area contributed by atoms with Gasteiger partial charge in [0.2, 0.25) is 0 Å². The molecule has 2 atom stereocenters. The first-order valence-electron chi connectivity index (χ1n) is 6.53. The molecule has 2 unspecified atom stereocenters. The summed E-state index contributed by atoms with van der Waals surface area (Å²) in [6.45, 7) is 0. The third kappa shape index (κ3) is 3.64. The van der Waals surface area contributed by atoms with Gasteiger partial charge in [-0.15, -0.1) is 0 Å². The minimum Gasteiger partial charge on any atom is -0.409 e. The molecule has 0 spiro atoms. The van der Waals surface area contributed by atoms with Crippen molar-refractivity contribution in [3.05, 3.63) is 35.9 Å². The summed E-state index contributed by atoms with van der Waals surface area (Å²) in [6, 6.07) is 11.0. The number of thioether (sulfide) groups is 1. The fraction of sp³-hybridized carbons (Fsp3) is 0.500. The van der Waals surface area contributed by atoms with Gasteiger partial charge in [-0.1, -0.05) is 35.5 Å². The summed E-state index contributed by atoms with van der Waals surface area (Å²) in [5.41, 5.74) is 6.93. The Morgan fingerprint density at radius 1 is 1.53 bits per heavy atom. The Hall–Kier alpha value is -1.20. The third-order valence-corrected chi connectivity index (χ3v) is 4.83. The molecule has 3 N–H and O–H groups in total. The molecule has 0 aliphatic carbocycles. The van der Waals surface area contributed by atoms with E-state index in [0.717, 1.165) is 5.75 Å². The van der Waals surface area contributed by atoms with Crippen LogP contribution in [0.2, 0.25) is 0 Å². The molecule has 104 valence electrons. The van der Waals surface area contributed by atoms with Crippen LogP contribution in [0.4, 0.5) is 0 Å². The highest BCUT2D eigenvalue weighted by Crippen LogP contribution is 2.30. The molecule has 2 rings (SSSR count). The van der Waals surface area contributed by atoms with Gasteiger partial charge in [0.1, 0.15) is 5.84 Å². The predicted molar refractivity (Wildman–Crippen MR) is 80.7 cm³/mol. The maximum atomic E-state index is 8.82. The largest absolute Gasteiger partial charge is 0.409 e. The molecular weight excluding hydrogens is 258 g/mol. The first kappa shape index (κ1) is 14.2. The monoisotopic (exact) mass is 279 g/mol. The van der Waals surface area contributed by atoms with Crippen molar-refractivity contribution in [2.45, 2.75) is 24.9 Å². The number of rotatable bonds is 5. The maximum Gasteiger partial charge on any atom is 0.141 e. The molecule has 0 saturated carbocycles. The SMILES string of the molecule is CN(C1CCSC1)C(C/C(N)=N/O)c1ccccc1. The normalized spacial score (nSPS) is 21.8. The number of benzene rings is 1. The maximum absolute atomic E-state index is 8.82. The molecule has 0 radical (unpaired) electrons. The molecule has 1 heterocycles. The first-order valence-corrected chi connectivity index (χ1v) is 7.69. The van der Waals surface area contributed by atoms with Gasteiger partial charge < -0.3 is 10.9 Å². The second-order valence-electron chi connectivity index (χ2n) is 4.90. The van der Waals surface area contributed by atoms with E-state index in [1.807, 2.05) is 30.0 Å². The topological polar surface area (TPSA) is 61.8 Å². The highest BCUT2D eigenvalue weighted by Gasteiger charge is 2.27. The summed E-state index contributed by atoms with van der Waals surface area (Å²) in [6.07, 6.45) is 1.76. The van der Waals surface area contributed by atoms with Gasteiger partial charge >= 0.3 is 0 Å². The van der Waals surface area contributed by atoms with Crippen LogP contribution in [0, 0.1) is 0 Å². The zero-order valence-corrected chi connectivity index (χ0v) is 12.0. The molecule has 4 nitrogen and oxygen atoms in total. The number of amidine groups is 1. The van der Waals surface area contributed by atoms with Crippen molar-refractivity contribution in [3.8, 4) is 0 Å². The lowest BCUT2D eigenvalue weighted by Gasteiger charge is -2.32. The van der Waals surface area contributed by atoms with Gasteiger partial charge in [0, 0.05) is 24.3 Å². The van der Waals surface area contributed by atoms with Crippen LogP contribution >= 0.6 is 11.8 Å². The van der Waals surface area contributed by atoms with Gasteiger partial charge in [-0.25, -0.2) is 0 Å². The van der Waals surface area contributed by atoms with Crippen molar-refractivity contribution < 1.29 is 5.21 Å². The van der Waals surface area contributed by atoms with E-state index in [4.69, 9.17) is 10.9 Å². The van der Waals surface area contributed by atoms with Crippen LogP contribution in [-0.2, 0) is 0 Å². The highest BCUT2D eigenvalue weighted by atomic mass is 32.2. The van der Waals surface area contributed by atoms with Crippen LogP contribution in [0.1, 0.15) is 24.4 Å². The summed E-state index contributed by atoms with van der Waals surface area (Å²) in [5, 5.41) is 11.9. The van der Waals surface area contributed by atoms with Crippen LogP contribution in [-0.4, -0.2) is 40.5 Å². The average Bonchev–Trinajstić information content (AvgIpc) is 2.99. The molecule has 1 aliphatic rings. The fourth-order valence-electron chi connectivity index (χ4n) is 2.51. The van der Waals surface area contributed by atoms with E-state index < -0.39 is 0 Å². The second-order valence-corrected chi connectivity index (χ2v) is 6.05. The van der Waals surface area contributed by atoms with Gasteiger partial charge in [-0.3, -0.25) is 4.90 Å². The van der Waals surface area contributed by atoms with Crippen molar-refractivity contribution in [3.63, 3.8) is 0 Å². The molecule has 1 fully saturated rings. The summed E-state index contributed by atoms with van der Waals surface area (Å²) < 4.78 is 0. The van der Waals surface area contributed by atoms with Crippen LogP contribution in [0.3, 0.4) is 0 Å². The summed E-state index contributed by atoms with van der Waals surface area (Å²) >= 11 is 2.00. The van der Waals surface area contributed by atoms with Crippen molar-refractivity contribution in [1.82, 2.24) is 4.90 Å². The van der Waals surface area contributed by atoms with E-state index in [1.54, 1.807) is 0 Å². The summed E-state index contributed by atoms with van der Waals surface area (Å²) in [5.74, 6) is 2.67. The van der Waals surface area contributed by atoms with Crippen LogP contribution in [0.5, 0.6) is 0 Å². The number of hydrogen-bond donors (Lipinski definition) is 2. The van der Waals surface area contributed by atoms with Crippen LogP contribution < -0.4 is 5.73 Å². The van der Waals surface area contributed by atoms with Crippen molar-refractivity contribution in [2.75, 3.05) is 18.6 Å². The van der Waals surface area contributed by atoms with Gasteiger partial charge in [0.25, 0.3) is 0 Å². The van der Waals surface area contributed by atoms with Crippen molar-refractivity contribution in [2.24, 2.45) is 10.9 Å². The Kier molecular flexibility index (Phi) is 5.10. The van der Waals surface area contributed by atoms with Gasteiger partial charge in [-0.05, 0) is 24.8 Å². The Morgan fingerprint density at radius 2 is 2.26 bits per heavy atom. The van der Waals surface area contributed by atoms with Crippen LogP contribution in [0.25, 0.3) is 0 Å². The number of hydrogen-bond acceptors (Lipinski definition) is 4. The van der Waals surface area contributed by atoms with Crippen molar-refractivity contribution in [1.29, 1.82) is 0 Å². The number of nitrogens with zero attached hydrogens (tertiary/aromatic N) is 2. The Balaban J connectivity index is 2.18. The van der Waals surface area contributed by atoms with E-state index in [-0.39, 0.29) is 11.9 Å². The zero-order chi connectivity index (χ0) is 13.7. The van der Waals surface area contributed by atoms with E-state index >= 15 is 0 Å². The first-order chi connectivity index (χ1) is 9.22. The third-order valence-electron chi connectivity index (χ3n) is 3.69. The van der Waals surface area contributed by atoms with Crippen molar-refractivity contribution >= 4 is 17.6 Å². The lowest BCUT2D eigenvalue weighted by atomic mass is 10.00. The molecule has 1 aromatic carbocycles. The Labute approximate surface area is 118 Å². The summed E-state index contributed by atoms with van der Waals surface area (Å²) in [7, 11) is 2.14. The van der Waals surface area contributed by atoms with Gasteiger partial charge in [0.15, 0.2) is 0 Å². The lowest BCUT2D eigenvalue weighted by molar-refractivity contribution is 0.191.